The molecule has 78 valence electrons. The summed E-state index contributed by atoms with van der Waals surface area (Å²) in [4.78, 5) is 0.972. The predicted octanol–water partition coefficient (Wildman–Crippen LogP) is 2.91. The van der Waals surface area contributed by atoms with Gasteiger partial charge in [-0.15, -0.1) is 12.6 Å². The van der Waals surface area contributed by atoms with E-state index in [2.05, 4.69) is 24.6 Å². The highest BCUT2D eigenvalue weighted by Gasteiger charge is 2.00. The van der Waals surface area contributed by atoms with Gasteiger partial charge in [0.25, 0.3) is 0 Å². The Balaban J connectivity index is 2.41. The molecule has 2 rings (SSSR count). The minimum atomic E-state index is 0.919. The van der Waals surface area contributed by atoms with E-state index >= 15 is 0 Å². The molecule has 0 unspecified atom stereocenters. The maximum atomic E-state index is 5.16. The van der Waals surface area contributed by atoms with E-state index in [-0.39, 0.29) is 0 Å². The first-order valence-corrected chi connectivity index (χ1v) is 5.36. The van der Waals surface area contributed by atoms with Crippen LogP contribution >= 0.6 is 12.6 Å². The zero-order chi connectivity index (χ0) is 11.4. The van der Waals surface area contributed by atoms with E-state index in [1.165, 1.54) is 0 Å². The van der Waals surface area contributed by atoms with E-state index in [1.807, 2.05) is 48.5 Å². The smallest absolute Gasteiger partial charge is 0.0264 e. The van der Waals surface area contributed by atoms with E-state index in [0.717, 1.165) is 21.6 Å². The van der Waals surface area contributed by atoms with Crippen LogP contribution < -0.4 is 5.73 Å². The number of thiol groups is 1. The lowest BCUT2D eigenvalue weighted by Crippen LogP contribution is -1.82. The number of nitrogens with two attached hydrogens (primary N) is 1. The monoisotopic (exact) mass is 225 g/mol. The van der Waals surface area contributed by atoms with Gasteiger partial charge in [0.15, 0.2) is 0 Å². The number of hydrogen-bond acceptors (Lipinski definition) is 2. The van der Waals surface area contributed by atoms with Gasteiger partial charge in [-0.25, -0.2) is 0 Å². The first-order chi connectivity index (χ1) is 7.81. The van der Waals surface area contributed by atoms with Crippen LogP contribution in [-0.4, -0.2) is 0 Å². The molecule has 1 nitrogen and oxygen atoms in total. The summed E-state index contributed by atoms with van der Waals surface area (Å²) in [7, 11) is 0. The van der Waals surface area contributed by atoms with Gasteiger partial charge in [-0.1, -0.05) is 30.3 Å². The third-order valence-corrected chi connectivity index (χ3v) is 2.71. The lowest BCUT2D eigenvalue weighted by molar-refractivity contribution is 1.45. The summed E-state index contributed by atoms with van der Waals surface area (Å²) in [6.45, 7) is 0. The van der Waals surface area contributed by atoms with Gasteiger partial charge in [0.2, 0.25) is 0 Å². The minimum Gasteiger partial charge on any atom is -0.359 e. The summed E-state index contributed by atoms with van der Waals surface area (Å²) < 4.78 is 0. The summed E-state index contributed by atoms with van der Waals surface area (Å²) in [6.07, 6.45) is 0. The molecule has 0 saturated carbocycles. The van der Waals surface area contributed by atoms with E-state index in [0.29, 0.717) is 0 Å². The van der Waals surface area contributed by atoms with Crippen LogP contribution in [0.3, 0.4) is 0 Å². The van der Waals surface area contributed by atoms with Gasteiger partial charge in [0.1, 0.15) is 0 Å². The van der Waals surface area contributed by atoms with Crippen molar-refractivity contribution >= 4 is 12.6 Å². The normalized spacial score (nSPS) is 9.31. The van der Waals surface area contributed by atoms with Crippen LogP contribution in [-0.2, 0) is 0 Å². The molecule has 16 heavy (non-hydrogen) atoms. The highest BCUT2D eigenvalue weighted by atomic mass is 32.1. The summed E-state index contributed by atoms with van der Waals surface area (Å²) >= 11 is 4.43. The van der Waals surface area contributed by atoms with Gasteiger partial charge in [0.05, 0.1) is 0 Å². The van der Waals surface area contributed by atoms with Crippen molar-refractivity contribution in [3.05, 3.63) is 54.1 Å². The van der Waals surface area contributed by atoms with E-state index in [4.69, 9.17) is 5.73 Å². The molecule has 0 aliphatic rings. The number of benzene rings is 2. The maximum absolute atomic E-state index is 5.16. The average Bonchev–Trinajstić information content (AvgIpc) is 2.31. The van der Waals surface area contributed by atoms with Crippen LogP contribution in [0.15, 0.2) is 53.4 Å². The standard InChI is InChI=1S/C14H11NS/c15-10-9-11-5-7-12(8-6-11)13-3-1-2-4-14(13)16/h1-8,16H,15H2. The van der Waals surface area contributed by atoms with E-state index in [1.54, 1.807) is 0 Å². The zero-order valence-corrected chi connectivity index (χ0v) is 9.54. The quantitative estimate of drug-likeness (QED) is 0.435. The highest BCUT2D eigenvalue weighted by molar-refractivity contribution is 7.80. The van der Waals surface area contributed by atoms with Gasteiger partial charge in [-0.05, 0) is 35.2 Å². The molecule has 0 amide bonds. The third kappa shape index (κ3) is 2.21. The molecule has 0 aromatic heterocycles. The van der Waals surface area contributed by atoms with Crippen LogP contribution in [0.5, 0.6) is 0 Å². The second kappa shape index (κ2) is 4.78. The lowest BCUT2D eigenvalue weighted by Gasteiger charge is -2.04. The topological polar surface area (TPSA) is 26.0 Å². The SMILES string of the molecule is NC#Cc1ccc(-c2ccccc2S)cc1. The minimum absolute atomic E-state index is 0.919. The molecule has 0 radical (unpaired) electrons. The Morgan fingerprint density at radius 2 is 1.62 bits per heavy atom. The van der Waals surface area contributed by atoms with Crippen molar-refractivity contribution in [2.75, 3.05) is 0 Å². The van der Waals surface area contributed by atoms with Crippen molar-refractivity contribution in [1.29, 1.82) is 0 Å². The van der Waals surface area contributed by atoms with E-state index < -0.39 is 0 Å². The third-order valence-electron chi connectivity index (χ3n) is 2.32. The maximum Gasteiger partial charge on any atom is 0.0264 e. The van der Waals surface area contributed by atoms with Gasteiger partial charge in [0, 0.05) is 16.5 Å². The molecule has 0 aliphatic heterocycles. The van der Waals surface area contributed by atoms with Crippen molar-refractivity contribution in [2.24, 2.45) is 5.73 Å². The van der Waals surface area contributed by atoms with Crippen LogP contribution in [0, 0.1) is 12.0 Å². The Labute approximate surface area is 101 Å². The molecule has 0 spiro atoms. The number of hydrogen-bond donors (Lipinski definition) is 2. The van der Waals surface area contributed by atoms with Gasteiger partial charge in [-0.2, -0.15) is 0 Å². The van der Waals surface area contributed by atoms with Gasteiger partial charge in [-0.3, -0.25) is 0 Å². The fourth-order valence-corrected chi connectivity index (χ4v) is 1.82. The van der Waals surface area contributed by atoms with Crippen molar-refractivity contribution in [3.63, 3.8) is 0 Å². The Morgan fingerprint density at radius 1 is 0.938 bits per heavy atom. The van der Waals surface area contributed by atoms with Crippen molar-refractivity contribution < 1.29 is 0 Å². The number of rotatable bonds is 1. The average molecular weight is 225 g/mol. The summed E-state index contributed by atoms with van der Waals surface area (Å²) in [5.74, 6) is 2.81. The Kier molecular flexibility index (Phi) is 3.19. The first-order valence-electron chi connectivity index (χ1n) is 4.91. The van der Waals surface area contributed by atoms with Crippen molar-refractivity contribution in [1.82, 2.24) is 0 Å². The fraction of sp³-hybridized carbons (Fsp3) is 0. The van der Waals surface area contributed by atoms with E-state index in [9.17, 15) is 0 Å². The van der Waals surface area contributed by atoms with Gasteiger partial charge >= 0.3 is 0 Å². The molecule has 0 heterocycles. The molecule has 2 aromatic rings. The molecule has 0 atom stereocenters. The second-order valence-corrected chi connectivity index (χ2v) is 3.85. The lowest BCUT2D eigenvalue weighted by atomic mass is 10.0. The summed E-state index contributed by atoms with van der Waals surface area (Å²) in [6, 6.07) is 18.3. The van der Waals surface area contributed by atoms with Gasteiger partial charge < -0.3 is 5.73 Å². The van der Waals surface area contributed by atoms with Crippen LogP contribution in [0.2, 0.25) is 0 Å². The molecular formula is C14H11NS. The Morgan fingerprint density at radius 3 is 2.25 bits per heavy atom. The Hall–Kier alpha value is -1.85. The zero-order valence-electron chi connectivity index (χ0n) is 8.64. The molecule has 0 saturated heterocycles. The highest BCUT2D eigenvalue weighted by Crippen LogP contribution is 2.26. The Bertz CT molecular complexity index is 547. The van der Waals surface area contributed by atoms with Crippen LogP contribution in [0.1, 0.15) is 5.56 Å². The predicted molar refractivity (Wildman–Crippen MR) is 70.2 cm³/mol. The molecule has 0 aliphatic carbocycles. The molecular weight excluding hydrogens is 214 g/mol. The molecule has 0 bridgehead atoms. The first kappa shape index (κ1) is 10.7. The molecule has 2 N–H and O–H groups in total. The largest absolute Gasteiger partial charge is 0.359 e. The molecule has 0 fully saturated rings. The molecule has 2 aromatic carbocycles. The van der Waals surface area contributed by atoms with Crippen molar-refractivity contribution in [3.8, 4) is 23.1 Å². The van der Waals surface area contributed by atoms with Crippen molar-refractivity contribution in [2.45, 2.75) is 4.90 Å². The second-order valence-electron chi connectivity index (χ2n) is 3.36. The summed E-state index contributed by atoms with van der Waals surface area (Å²) in [5, 5.41) is 0. The van der Waals surface area contributed by atoms with Crippen LogP contribution in [0.25, 0.3) is 11.1 Å². The molecule has 2 heteroatoms. The fourth-order valence-electron chi connectivity index (χ4n) is 1.53. The summed E-state index contributed by atoms with van der Waals surface area (Å²) in [5.41, 5.74) is 8.34. The van der Waals surface area contributed by atoms with Crippen LogP contribution in [0.4, 0.5) is 0 Å².